The van der Waals surface area contributed by atoms with Crippen molar-refractivity contribution in [2.45, 2.75) is 6.92 Å². The second-order valence-corrected chi connectivity index (χ2v) is 5.49. The van der Waals surface area contributed by atoms with Crippen molar-refractivity contribution in [2.75, 3.05) is 0 Å². The lowest BCUT2D eigenvalue weighted by Crippen LogP contribution is -2.24. The van der Waals surface area contributed by atoms with Crippen molar-refractivity contribution >= 4 is 34.5 Å². The van der Waals surface area contributed by atoms with Gasteiger partial charge in [-0.1, -0.05) is 11.6 Å². The number of aromatic nitrogens is 1. The molecule has 1 aromatic carbocycles. The molecule has 0 bridgehead atoms. The first-order valence-corrected chi connectivity index (χ1v) is 7.42. The van der Waals surface area contributed by atoms with E-state index in [4.69, 9.17) is 25.6 Å². The maximum atomic E-state index is 12.2. The third-order valence-corrected chi connectivity index (χ3v) is 3.53. The van der Waals surface area contributed by atoms with Gasteiger partial charge in [-0.2, -0.15) is 0 Å². The molecule has 3 rings (SSSR count). The normalized spacial score (nSPS) is 10.7. The first-order valence-electron chi connectivity index (χ1n) is 7.04. The standard InChI is InChI=1S/C16H10ClNO8/c1-7(19)24-12-6-11-8(5-10(12)17)4-9(15(22)25-11)16(23)26-18-13(20)2-3-14(18)21/h2-6,20-21H,1H3. The number of carbonyl (C=O) groups excluding carboxylic acids is 2. The Morgan fingerprint density at radius 2 is 1.81 bits per heavy atom. The lowest BCUT2D eigenvalue weighted by Gasteiger charge is -2.08. The van der Waals surface area contributed by atoms with Gasteiger partial charge in [-0.15, -0.1) is 4.73 Å². The number of esters is 1. The molecule has 3 aromatic rings. The van der Waals surface area contributed by atoms with Gasteiger partial charge < -0.3 is 24.2 Å². The number of benzene rings is 1. The van der Waals surface area contributed by atoms with Crippen molar-refractivity contribution in [1.82, 2.24) is 4.73 Å². The molecule has 0 aliphatic heterocycles. The van der Waals surface area contributed by atoms with Gasteiger partial charge in [-0.05, 0) is 12.1 Å². The number of halogens is 1. The number of nitrogens with zero attached hydrogens (tertiary/aromatic N) is 1. The van der Waals surface area contributed by atoms with E-state index in [1.54, 1.807) is 0 Å². The van der Waals surface area contributed by atoms with Crippen LogP contribution >= 0.6 is 11.6 Å². The molecule has 2 heterocycles. The maximum Gasteiger partial charge on any atom is 0.371 e. The number of aromatic hydroxyl groups is 2. The average Bonchev–Trinajstić information content (AvgIpc) is 2.87. The van der Waals surface area contributed by atoms with Crippen molar-refractivity contribution in [2.24, 2.45) is 0 Å². The first-order chi connectivity index (χ1) is 12.3. The summed E-state index contributed by atoms with van der Waals surface area (Å²) in [6, 6.07) is 5.90. The van der Waals surface area contributed by atoms with E-state index in [0.29, 0.717) is 4.73 Å². The predicted octanol–water partition coefficient (Wildman–Crippen LogP) is 1.85. The molecular weight excluding hydrogens is 370 g/mol. The minimum Gasteiger partial charge on any atom is -0.492 e. The molecule has 0 saturated heterocycles. The molecule has 0 atom stereocenters. The van der Waals surface area contributed by atoms with Crippen LogP contribution in [0.25, 0.3) is 11.0 Å². The lowest BCUT2D eigenvalue weighted by atomic mass is 10.2. The number of carbonyl (C=O) groups is 2. The maximum absolute atomic E-state index is 12.2. The van der Waals surface area contributed by atoms with E-state index >= 15 is 0 Å². The summed E-state index contributed by atoms with van der Waals surface area (Å²) < 4.78 is 10.3. The quantitative estimate of drug-likeness (QED) is 0.401. The average molecular weight is 380 g/mol. The minimum absolute atomic E-state index is 0.00710. The highest BCUT2D eigenvalue weighted by atomic mass is 35.5. The molecule has 0 spiro atoms. The topological polar surface area (TPSA) is 128 Å². The zero-order valence-corrected chi connectivity index (χ0v) is 13.8. The van der Waals surface area contributed by atoms with Gasteiger partial charge in [0.2, 0.25) is 11.8 Å². The van der Waals surface area contributed by atoms with Gasteiger partial charge in [0.05, 0.1) is 5.02 Å². The minimum atomic E-state index is -1.18. The molecule has 134 valence electrons. The number of hydrogen-bond donors (Lipinski definition) is 2. The molecule has 0 aliphatic carbocycles. The number of fused-ring (bicyclic) bond motifs is 1. The highest BCUT2D eigenvalue weighted by Gasteiger charge is 2.20. The summed E-state index contributed by atoms with van der Waals surface area (Å²) in [6.07, 6.45) is 0. The summed E-state index contributed by atoms with van der Waals surface area (Å²) in [5.74, 6) is -2.89. The van der Waals surface area contributed by atoms with Crippen molar-refractivity contribution in [1.29, 1.82) is 0 Å². The Morgan fingerprint density at radius 1 is 1.15 bits per heavy atom. The molecule has 2 N–H and O–H groups in total. The molecule has 0 unspecified atom stereocenters. The van der Waals surface area contributed by atoms with Crippen molar-refractivity contribution in [3.05, 3.63) is 51.3 Å². The number of ether oxygens (including phenoxy) is 1. The van der Waals surface area contributed by atoms with E-state index in [0.717, 1.165) is 18.2 Å². The van der Waals surface area contributed by atoms with Gasteiger partial charge in [0.15, 0.2) is 5.75 Å². The molecule has 0 fully saturated rings. The van der Waals surface area contributed by atoms with Gasteiger partial charge in [-0.25, -0.2) is 9.59 Å². The Bertz CT molecular complexity index is 1080. The molecule has 0 amide bonds. The van der Waals surface area contributed by atoms with Crippen molar-refractivity contribution in [3.63, 3.8) is 0 Å². The summed E-state index contributed by atoms with van der Waals surface area (Å²) in [5, 5.41) is 19.3. The van der Waals surface area contributed by atoms with Crippen LogP contribution in [0.3, 0.4) is 0 Å². The largest absolute Gasteiger partial charge is 0.492 e. The summed E-state index contributed by atoms with van der Waals surface area (Å²) in [6.45, 7) is 1.18. The van der Waals surface area contributed by atoms with E-state index in [2.05, 4.69) is 0 Å². The first kappa shape index (κ1) is 17.4. The fourth-order valence-electron chi connectivity index (χ4n) is 2.12. The molecule has 9 nitrogen and oxygen atoms in total. The van der Waals surface area contributed by atoms with Crippen LogP contribution in [-0.2, 0) is 4.79 Å². The van der Waals surface area contributed by atoms with Crippen molar-refractivity contribution in [3.8, 4) is 17.5 Å². The molecule has 0 saturated carbocycles. The SMILES string of the molecule is CC(=O)Oc1cc2oc(=O)c(C(=O)On3c(O)ccc3O)cc2cc1Cl. The summed E-state index contributed by atoms with van der Waals surface area (Å²) in [7, 11) is 0. The van der Waals surface area contributed by atoms with Crippen molar-refractivity contribution < 1.29 is 33.8 Å². The summed E-state index contributed by atoms with van der Waals surface area (Å²) in [5.41, 5.74) is -1.51. The third kappa shape index (κ3) is 3.20. The van der Waals surface area contributed by atoms with E-state index in [-0.39, 0.29) is 21.7 Å². The monoisotopic (exact) mass is 379 g/mol. The molecule has 10 heteroatoms. The second kappa shape index (κ2) is 6.45. The van der Waals surface area contributed by atoms with Gasteiger partial charge >= 0.3 is 17.6 Å². The fourth-order valence-corrected chi connectivity index (χ4v) is 2.33. The molecule has 0 aliphatic rings. The summed E-state index contributed by atoms with van der Waals surface area (Å²) in [4.78, 5) is 40.0. The van der Waals surface area contributed by atoms with E-state index in [9.17, 15) is 24.6 Å². The van der Waals surface area contributed by atoms with E-state index in [1.165, 1.54) is 19.1 Å². The van der Waals surface area contributed by atoms with Crippen LogP contribution < -0.4 is 15.2 Å². The zero-order valence-electron chi connectivity index (χ0n) is 13.1. The van der Waals surface area contributed by atoms with Gasteiger partial charge in [0, 0.05) is 30.5 Å². The number of hydrogen-bond acceptors (Lipinski definition) is 8. The number of rotatable bonds is 3. The van der Waals surface area contributed by atoms with Gasteiger partial charge in [0.25, 0.3) is 0 Å². The van der Waals surface area contributed by atoms with Crippen LogP contribution in [0.4, 0.5) is 0 Å². The van der Waals surface area contributed by atoms with Crippen LogP contribution in [0.2, 0.25) is 5.02 Å². The van der Waals surface area contributed by atoms with Gasteiger partial charge in [-0.3, -0.25) is 4.79 Å². The fraction of sp³-hybridized carbons (Fsp3) is 0.0625. The molecule has 2 aromatic heterocycles. The molecule has 26 heavy (non-hydrogen) atoms. The third-order valence-electron chi connectivity index (χ3n) is 3.23. The van der Waals surface area contributed by atoms with Crippen LogP contribution in [0.15, 0.2) is 39.5 Å². The predicted molar refractivity (Wildman–Crippen MR) is 87.5 cm³/mol. The Labute approximate surface area is 149 Å². The Morgan fingerprint density at radius 3 is 2.42 bits per heavy atom. The molecule has 0 radical (unpaired) electrons. The molecular formula is C16H10ClNO8. The van der Waals surface area contributed by atoms with Gasteiger partial charge in [0.1, 0.15) is 11.1 Å². The summed E-state index contributed by atoms with van der Waals surface area (Å²) >= 11 is 5.99. The van der Waals surface area contributed by atoms with Crippen LogP contribution in [0.5, 0.6) is 17.5 Å². The second-order valence-electron chi connectivity index (χ2n) is 5.08. The highest BCUT2D eigenvalue weighted by Crippen LogP contribution is 2.30. The Hall–Kier alpha value is -3.46. The smallest absolute Gasteiger partial charge is 0.371 e. The van der Waals surface area contributed by atoms with E-state index in [1.807, 2.05) is 0 Å². The lowest BCUT2D eigenvalue weighted by molar-refractivity contribution is -0.131. The van der Waals surface area contributed by atoms with Crippen LogP contribution in [0.1, 0.15) is 17.3 Å². The zero-order chi connectivity index (χ0) is 19.0. The Kier molecular flexibility index (Phi) is 4.31. The Balaban J connectivity index is 2.02. The van der Waals surface area contributed by atoms with Crippen LogP contribution in [0, 0.1) is 0 Å². The highest BCUT2D eigenvalue weighted by molar-refractivity contribution is 6.33. The van der Waals surface area contributed by atoms with E-state index < -0.39 is 34.9 Å². The van der Waals surface area contributed by atoms with Crippen LogP contribution in [-0.4, -0.2) is 26.9 Å².